The highest BCUT2D eigenvalue weighted by atomic mass is 35.5. The standard InChI is InChI=1S/C19H26N4O2.ClH/c1-14-5-3-6-15(2)18(14)25-12-10-21-19(24)17-8-11-23(22-17)16-7-4-9-20-13-16;/h3,5-6,8,11,16,20H,4,7,9-10,12-13H2,1-2H3,(H,21,24);1H. The maximum absolute atomic E-state index is 12.2. The molecule has 1 aromatic carbocycles. The zero-order valence-electron chi connectivity index (χ0n) is 15.3. The van der Waals surface area contributed by atoms with Crippen molar-refractivity contribution >= 4 is 18.3 Å². The smallest absolute Gasteiger partial charge is 0.271 e. The Morgan fingerprint density at radius 2 is 2.12 bits per heavy atom. The molecule has 26 heavy (non-hydrogen) atoms. The number of carbonyl (C=O) groups excluding carboxylic acids is 1. The first-order chi connectivity index (χ1) is 12.1. The molecule has 0 aliphatic carbocycles. The van der Waals surface area contributed by atoms with E-state index in [0.717, 1.165) is 42.8 Å². The van der Waals surface area contributed by atoms with Gasteiger partial charge in [-0.05, 0) is 50.4 Å². The number of benzene rings is 1. The fraction of sp³-hybridized carbons (Fsp3) is 0.474. The highest BCUT2D eigenvalue weighted by Gasteiger charge is 2.17. The van der Waals surface area contributed by atoms with Gasteiger partial charge in [-0.3, -0.25) is 9.48 Å². The lowest BCUT2D eigenvalue weighted by molar-refractivity contribution is 0.0940. The minimum atomic E-state index is -0.160. The highest BCUT2D eigenvalue weighted by molar-refractivity contribution is 5.92. The summed E-state index contributed by atoms with van der Waals surface area (Å²) in [5.41, 5.74) is 2.66. The Hall–Kier alpha value is -2.05. The van der Waals surface area contributed by atoms with E-state index in [-0.39, 0.29) is 18.3 Å². The molecule has 7 heteroatoms. The number of aryl methyl sites for hydroxylation is 2. The Morgan fingerprint density at radius 1 is 1.35 bits per heavy atom. The second-order valence-corrected chi connectivity index (χ2v) is 6.51. The summed E-state index contributed by atoms with van der Waals surface area (Å²) in [5, 5.41) is 10.7. The molecule has 3 rings (SSSR count). The number of halogens is 1. The molecule has 0 radical (unpaired) electrons. The molecule has 0 saturated carbocycles. The van der Waals surface area contributed by atoms with Crippen LogP contribution in [0.3, 0.4) is 0 Å². The summed E-state index contributed by atoms with van der Waals surface area (Å²) in [6.07, 6.45) is 4.13. The molecule has 1 fully saturated rings. The van der Waals surface area contributed by atoms with Crippen LogP contribution in [0.15, 0.2) is 30.5 Å². The van der Waals surface area contributed by atoms with Crippen molar-refractivity contribution in [2.45, 2.75) is 32.7 Å². The van der Waals surface area contributed by atoms with Crippen LogP contribution in [0.2, 0.25) is 0 Å². The molecule has 142 valence electrons. The molecule has 1 aliphatic heterocycles. The molecule has 6 nitrogen and oxygen atoms in total. The molecular weight excluding hydrogens is 352 g/mol. The number of carbonyl (C=O) groups is 1. The zero-order valence-corrected chi connectivity index (χ0v) is 16.1. The summed E-state index contributed by atoms with van der Waals surface area (Å²) in [6, 6.07) is 8.16. The monoisotopic (exact) mass is 378 g/mol. The molecule has 1 amide bonds. The number of piperidine rings is 1. The van der Waals surface area contributed by atoms with Gasteiger partial charge in [0.05, 0.1) is 12.6 Å². The first kappa shape index (κ1) is 20.3. The fourth-order valence-corrected chi connectivity index (χ4v) is 3.16. The topological polar surface area (TPSA) is 68.2 Å². The van der Waals surface area contributed by atoms with E-state index in [0.29, 0.717) is 24.9 Å². The molecule has 2 heterocycles. The van der Waals surface area contributed by atoms with Crippen molar-refractivity contribution in [3.63, 3.8) is 0 Å². The van der Waals surface area contributed by atoms with Gasteiger partial charge in [-0.25, -0.2) is 0 Å². The summed E-state index contributed by atoms with van der Waals surface area (Å²) in [4.78, 5) is 12.2. The Balaban J connectivity index is 0.00000243. The Morgan fingerprint density at radius 3 is 2.81 bits per heavy atom. The van der Waals surface area contributed by atoms with Gasteiger partial charge in [0, 0.05) is 12.7 Å². The normalized spacial score (nSPS) is 16.6. The van der Waals surface area contributed by atoms with Crippen LogP contribution in [0.5, 0.6) is 5.75 Å². The number of aromatic nitrogens is 2. The summed E-state index contributed by atoms with van der Waals surface area (Å²) in [5.74, 6) is 0.735. The Kier molecular flexibility index (Phi) is 7.48. The Bertz CT molecular complexity index is 706. The summed E-state index contributed by atoms with van der Waals surface area (Å²) in [6.45, 7) is 6.90. The molecule has 0 bridgehead atoms. The van der Waals surface area contributed by atoms with Crippen LogP contribution in [0.1, 0.15) is 40.5 Å². The van der Waals surface area contributed by atoms with Gasteiger partial charge in [0.1, 0.15) is 18.1 Å². The maximum atomic E-state index is 12.2. The number of nitrogens with zero attached hydrogens (tertiary/aromatic N) is 2. The minimum Gasteiger partial charge on any atom is -0.491 e. The van der Waals surface area contributed by atoms with Gasteiger partial charge in [0.2, 0.25) is 0 Å². The van der Waals surface area contributed by atoms with E-state index in [1.165, 1.54) is 0 Å². The third-order valence-electron chi connectivity index (χ3n) is 4.53. The molecule has 1 saturated heterocycles. The second kappa shape index (κ2) is 9.59. The molecule has 1 atom stereocenters. The van der Waals surface area contributed by atoms with Gasteiger partial charge in [-0.2, -0.15) is 5.10 Å². The fourth-order valence-electron chi connectivity index (χ4n) is 3.16. The largest absolute Gasteiger partial charge is 0.491 e. The lowest BCUT2D eigenvalue weighted by Crippen LogP contribution is -2.32. The number of hydrogen-bond donors (Lipinski definition) is 2. The van der Waals surface area contributed by atoms with Crippen molar-refractivity contribution in [3.05, 3.63) is 47.3 Å². The molecule has 0 spiro atoms. The number of amides is 1. The number of para-hydroxylation sites is 1. The van der Waals surface area contributed by atoms with Gasteiger partial charge in [-0.1, -0.05) is 18.2 Å². The van der Waals surface area contributed by atoms with Gasteiger partial charge in [0.25, 0.3) is 5.91 Å². The number of nitrogens with one attached hydrogen (secondary N) is 2. The van der Waals surface area contributed by atoms with Gasteiger partial charge in [0.15, 0.2) is 0 Å². The van der Waals surface area contributed by atoms with Gasteiger partial charge < -0.3 is 15.4 Å². The van der Waals surface area contributed by atoms with Crippen molar-refractivity contribution in [3.8, 4) is 5.75 Å². The summed E-state index contributed by atoms with van der Waals surface area (Å²) in [7, 11) is 0. The molecule has 2 N–H and O–H groups in total. The predicted molar refractivity (Wildman–Crippen MR) is 104 cm³/mol. The third kappa shape index (κ3) is 4.99. The van der Waals surface area contributed by atoms with E-state index in [1.807, 2.05) is 42.9 Å². The van der Waals surface area contributed by atoms with Gasteiger partial charge >= 0.3 is 0 Å². The third-order valence-corrected chi connectivity index (χ3v) is 4.53. The van der Waals surface area contributed by atoms with Crippen LogP contribution < -0.4 is 15.4 Å². The molecule has 2 aromatic rings. The maximum Gasteiger partial charge on any atom is 0.271 e. The Labute approximate surface area is 160 Å². The van der Waals surface area contributed by atoms with Crippen LogP contribution in [-0.4, -0.2) is 41.9 Å². The van der Waals surface area contributed by atoms with Crippen molar-refractivity contribution in [1.82, 2.24) is 20.4 Å². The van der Waals surface area contributed by atoms with Crippen molar-refractivity contribution in [2.75, 3.05) is 26.2 Å². The zero-order chi connectivity index (χ0) is 17.6. The van der Waals surface area contributed by atoms with Crippen molar-refractivity contribution in [1.29, 1.82) is 0 Å². The second-order valence-electron chi connectivity index (χ2n) is 6.51. The number of ether oxygens (including phenoxy) is 1. The van der Waals surface area contributed by atoms with Crippen LogP contribution in [0, 0.1) is 13.8 Å². The molecule has 1 aliphatic rings. The predicted octanol–water partition coefficient (Wildman–Crippen LogP) is 2.66. The molecule has 1 unspecified atom stereocenters. The quantitative estimate of drug-likeness (QED) is 0.758. The van der Waals surface area contributed by atoms with E-state index in [4.69, 9.17) is 4.74 Å². The summed E-state index contributed by atoms with van der Waals surface area (Å²) >= 11 is 0. The number of hydrogen-bond acceptors (Lipinski definition) is 4. The highest BCUT2D eigenvalue weighted by Crippen LogP contribution is 2.22. The first-order valence-corrected chi connectivity index (χ1v) is 8.88. The number of rotatable bonds is 6. The van der Waals surface area contributed by atoms with E-state index in [1.54, 1.807) is 6.07 Å². The van der Waals surface area contributed by atoms with Crippen LogP contribution >= 0.6 is 12.4 Å². The lowest BCUT2D eigenvalue weighted by atomic mass is 10.1. The SMILES string of the molecule is Cc1cccc(C)c1OCCNC(=O)c1ccn(C2CCCNC2)n1.Cl. The molecular formula is C19H27ClN4O2. The van der Waals surface area contributed by atoms with E-state index < -0.39 is 0 Å². The summed E-state index contributed by atoms with van der Waals surface area (Å²) < 4.78 is 7.70. The van der Waals surface area contributed by atoms with E-state index in [9.17, 15) is 4.79 Å². The minimum absolute atomic E-state index is 0. The first-order valence-electron chi connectivity index (χ1n) is 8.88. The average molecular weight is 379 g/mol. The van der Waals surface area contributed by atoms with Crippen LogP contribution in [0.25, 0.3) is 0 Å². The van der Waals surface area contributed by atoms with Crippen molar-refractivity contribution in [2.24, 2.45) is 0 Å². The lowest BCUT2D eigenvalue weighted by Gasteiger charge is -2.22. The van der Waals surface area contributed by atoms with Crippen molar-refractivity contribution < 1.29 is 9.53 Å². The van der Waals surface area contributed by atoms with Crippen LogP contribution in [-0.2, 0) is 0 Å². The molecule has 1 aromatic heterocycles. The van der Waals surface area contributed by atoms with E-state index in [2.05, 4.69) is 15.7 Å². The van der Waals surface area contributed by atoms with Gasteiger partial charge in [-0.15, -0.1) is 12.4 Å². The van der Waals surface area contributed by atoms with Crippen LogP contribution in [0.4, 0.5) is 0 Å². The average Bonchev–Trinajstić information content (AvgIpc) is 3.11. The van der Waals surface area contributed by atoms with E-state index >= 15 is 0 Å².